The highest BCUT2D eigenvalue weighted by Crippen LogP contribution is 2.26. The summed E-state index contributed by atoms with van der Waals surface area (Å²) in [7, 11) is 0. The maximum absolute atomic E-state index is 12.4. The average Bonchev–Trinajstić information content (AvgIpc) is 2.85. The quantitative estimate of drug-likeness (QED) is 0.884. The molecule has 0 aliphatic carbocycles. The van der Waals surface area contributed by atoms with Crippen LogP contribution in [0.3, 0.4) is 0 Å². The number of hydrogen-bond donors (Lipinski definition) is 2. The van der Waals surface area contributed by atoms with E-state index in [0.29, 0.717) is 5.17 Å². The van der Waals surface area contributed by atoms with Gasteiger partial charge in [-0.1, -0.05) is 48.2 Å². The first-order chi connectivity index (χ1) is 11.8. The lowest BCUT2D eigenvalue weighted by Gasteiger charge is -2.12. The number of hydrogen-bond acceptors (Lipinski definition) is 4. The number of carbonyl (C=O) groups is 2. The van der Waals surface area contributed by atoms with E-state index < -0.39 is 5.25 Å². The van der Waals surface area contributed by atoms with Crippen molar-refractivity contribution in [2.24, 2.45) is 4.99 Å². The summed E-state index contributed by atoms with van der Waals surface area (Å²) in [6.07, 6.45) is 0.114. The molecule has 0 saturated carbocycles. The lowest BCUT2D eigenvalue weighted by Crippen LogP contribution is -2.28. The Morgan fingerprint density at radius 3 is 2.68 bits per heavy atom. The lowest BCUT2D eigenvalue weighted by atomic mass is 10.1. The first-order valence-corrected chi connectivity index (χ1v) is 9.05. The number of fused-ring (bicyclic) bond motifs is 1. The fraction of sp³-hybridized carbons (Fsp3) is 0.316. The van der Waals surface area contributed by atoms with E-state index >= 15 is 0 Å². The summed E-state index contributed by atoms with van der Waals surface area (Å²) in [6, 6.07) is 13.6. The molecule has 0 radical (unpaired) electrons. The van der Waals surface area contributed by atoms with Gasteiger partial charge in [0.2, 0.25) is 11.8 Å². The van der Waals surface area contributed by atoms with E-state index in [2.05, 4.69) is 15.6 Å². The predicted molar refractivity (Wildman–Crippen MR) is 104 cm³/mol. The van der Waals surface area contributed by atoms with E-state index in [0.717, 1.165) is 16.5 Å². The minimum absolute atomic E-state index is 0.114. The van der Waals surface area contributed by atoms with Crippen molar-refractivity contribution >= 4 is 45.2 Å². The highest BCUT2D eigenvalue weighted by molar-refractivity contribution is 8.15. The molecule has 1 saturated heterocycles. The van der Waals surface area contributed by atoms with Crippen LogP contribution in [-0.4, -0.2) is 27.8 Å². The van der Waals surface area contributed by atoms with Gasteiger partial charge in [0, 0.05) is 17.5 Å². The number of anilines is 1. The molecule has 1 atom stereocenters. The molecule has 2 amide bonds. The van der Waals surface area contributed by atoms with E-state index in [1.165, 1.54) is 11.8 Å². The first kappa shape index (κ1) is 17.5. The second-order valence-corrected chi connectivity index (χ2v) is 8.15. The third-order valence-corrected chi connectivity index (χ3v) is 4.73. The molecule has 0 unspecified atom stereocenters. The van der Waals surface area contributed by atoms with Crippen LogP contribution in [0.4, 0.5) is 5.69 Å². The van der Waals surface area contributed by atoms with Crippen LogP contribution in [0.2, 0.25) is 0 Å². The van der Waals surface area contributed by atoms with Crippen molar-refractivity contribution in [1.82, 2.24) is 5.32 Å². The van der Waals surface area contributed by atoms with E-state index in [-0.39, 0.29) is 23.8 Å². The van der Waals surface area contributed by atoms with Crippen LogP contribution in [0, 0.1) is 0 Å². The zero-order valence-electron chi connectivity index (χ0n) is 14.5. The van der Waals surface area contributed by atoms with Crippen LogP contribution < -0.4 is 10.6 Å². The van der Waals surface area contributed by atoms with Gasteiger partial charge in [-0.3, -0.25) is 14.6 Å². The van der Waals surface area contributed by atoms with Crippen molar-refractivity contribution in [3.63, 3.8) is 0 Å². The summed E-state index contributed by atoms with van der Waals surface area (Å²) in [5.74, 6) is -0.345. The van der Waals surface area contributed by atoms with E-state index in [9.17, 15) is 9.59 Å². The van der Waals surface area contributed by atoms with Gasteiger partial charge in [0.05, 0.1) is 5.54 Å². The summed E-state index contributed by atoms with van der Waals surface area (Å²) < 4.78 is 0. The molecule has 0 spiro atoms. The van der Waals surface area contributed by atoms with Crippen LogP contribution in [0.1, 0.15) is 27.2 Å². The number of benzene rings is 2. The van der Waals surface area contributed by atoms with Gasteiger partial charge in [0.15, 0.2) is 5.17 Å². The number of rotatable bonds is 3. The summed E-state index contributed by atoms with van der Waals surface area (Å²) >= 11 is 1.32. The number of carbonyl (C=O) groups excluding carboxylic acids is 2. The predicted octanol–water partition coefficient (Wildman–Crippen LogP) is 3.55. The largest absolute Gasteiger partial charge is 0.325 e. The van der Waals surface area contributed by atoms with Gasteiger partial charge in [-0.05, 0) is 32.2 Å². The Morgan fingerprint density at radius 1 is 1.20 bits per heavy atom. The molecule has 1 fully saturated rings. The third-order valence-electron chi connectivity index (χ3n) is 3.65. The molecule has 0 bridgehead atoms. The molecule has 2 aromatic rings. The van der Waals surface area contributed by atoms with E-state index in [1.807, 2.05) is 63.2 Å². The van der Waals surface area contributed by atoms with Gasteiger partial charge in [0.1, 0.15) is 5.25 Å². The van der Waals surface area contributed by atoms with Gasteiger partial charge >= 0.3 is 0 Å². The zero-order valence-corrected chi connectivity index (χ0v) is 15.3. The molecule has 2 N–H and O–H groups in total. The maximum atomic E-state index is 12.4. The molecule has 1 aliphatic heterocycles. The fourth-order valence-electron chi connectivity index (χ4n) is 2.60. The number of nitrogens with one attached hydrogen (secondary N) is 2. The smallest absolute Gasteiger partial charge is 0.240 e. The van der Waals surface area contributed by atoms with Crippen molar-refractivity contribution in [2.75, 3.05) is 5.32 Å². The molecule has 6 heteroatoms. The number of nitrogens with zero attached hydrogens (tertiary/aromatic N) is 1. The standard InChI is InChI=1S/C19H21N3O2S/c1-19(2,3)22-18-21-17(24)15(25-18)11-16(23)20-14-10-6-8-12-7-4-5-9-13(12)14/h4-10,15H,11H2,1-3H3,(H,20,23)(H,21,22,24)/t15-/m1/s1. The van der Waals surface area contributed by atoms with Crippen LogP contribution in [0.25, 0.3) is 10.8 Å². The molecule has 1 aliphatic rings. The first-order valence-electron chi connectivity index (χ1n) is 8.17. The summed E-state index contributed by atoms with van der Waals surface area (Å²) in [4.78, 5) is 28.9. The van der Waals surface area contributed by atoms with E-state index in [4.69, 9.17) is 0 Å². The number of aliphatic imine (C=N–C) groups is 1. The normalized spacial score (nSPS) is 19.2. The van der Waals surface area contributed by atoms with Gasteiger partial charge in [-0.15, -0.1) is 0 Å². The SMILES string of the molecule is CC(C)(C)N=C1NC(=O)[C@@H](CC(=O)Nc2cccc3ccccc23)S1. The lowest BCUT2D eigenvalue weighted by molar-refractivity contribution is -0.122. The highest BCUT2D eigenvalue weighted by atomic mass is 32.2. The van der Waals surface area contributed by atoms with Crippen molar-refractivity contribution in [2.45, 2.75) is 38.0 Å². The molecular formula is C19H21N3O2S. The summed E-state index contributed by atoms with van der Waals surface area (Å²) in [5, 5.41) is 7.86. The maximum Gasteiger partial charge on any atom is 0.240 e. The van der Waals surface area contributed by atoms with Crippen molar-refractivity contribution in [3.8, 4) is 0 Å². The molecule has 2 aromatic carbocycles. The fourth-order valence-corrected chi connectivity index (χ4v) is 3.76. The van der Waals surface area contributed by atoms with E-state index in [1.54, 1.807) is 0 Å². The topological polar surface area (TPSA) is 70.6 Å². The third kappa shape index (κ3) is 4.39. The van der Waals surface area contributed by atoms with Crippen molar-refractivity contribution in [3.05, 3.63) is 42.5 Å². The van der Waals surface area contributed by atoms with Gasteiger partial charge in [-0.2, -0.15) is 0 Å². The van der Waals surface area contributed by atoms with Gasteiger partial charge < -0.3 is 10.6 Å². The summed E-state index contributed by atoms with van der Waals surface area (Å²) in [6.45, 7) is 5.90. The zero-order chi connectivity index (χ0) is 18.0. The molecular weight excluding hydrogens is 334 g/mol. The van der Waals surface area contributed by atoms with Crippen molar-refractivity contribution < 1.29 is 9.59 Å². The Bertz CT molecular complexity index is 850. The minimum atomic E-state index is -0.448. The second-order valence-electron chi connectivity index (χ2n) is 6.96. The van der Waals surface area contributed by atoms with Crippen LogP contribution in [0.5, 0.6) is 0 Å². The van der Waals surface area contributed by atoms with Crippen molar-refractivity contribution in [1.29, 1.82) is 0 Å². The minimum Gasteiger partial charge on any atom is -0.325 e. The molecule has 5 nitrogen and oxygen atoms in total. The second kappa shape index (κ2) is 6.88. The number of thioether (sulfide) groups is 1. The molecule has 25 heavy (non-hydrogen) atoms. The Balaban J connectivity index is 1.69. The number of amides is 2. The molecule has 1 heterocycles. The molecule has 3 rings (SSSR count). The number of amidine groups is 1. The Hall–Kier alpha value is -2.34. The van der Waals surface area contributed by atoms with Crippen LogP contribution in [0.15, 0.2) is 47.5 Å². The Morgan fingerprint density at radius 2 is 1.92 bits per heavy atom. The Kier molecular flexibility index (Phi) is 4.81. The molecule has 0 aromatic heterocycles. The van der Waals surface area contributed by atoms with Gasteiger partial charge in [-0.25, -0.2) is 0 Å². The average molecular weight is 355 g/mol. The summed E-state index contributed by atoms with van der Waals surface area (Å²) in [5.41, 5.74) is 0.491. The monoisotopic (exact) mass is 355 g/mol. The molecule has 130 valence electrons. The Labute approximate surface area is 151 Å². The van der Waals surface area contributed by atoms with Crippen LogP contribution >= 0.6 is 11.8 Å². The highest BCUT2D eigenvalue weighted by Gasteiger charge is 2.32. The van der Waals surface area contributed by atoms with Crippen LogP contribution in [-0.2, 0) is 9.59 Å². The van der Waals surface area contributed by atoms with Gasteiger partial charge in [0.25, 0.3) is 0 Å².